The van der Waals surface area contributed by atoms with E-state index in [0.717, 1.165) is 0 Å². The first-order valence-electron chi connectivity index (χ1n) is 6.71. The maximum Gasteiger partial charge on any atom is 0.306 e. The van der Waals surface area contributed by atoms with Crippen LogP contribution in [0.4, 0.5) is 0 Å². The number of hydrogen-bond donors (Lipinski definition) is 1. The van der Waals surface area contributed by atoms with E-state index in [1.165, 1.54) is 0 Å². The van der Waals surface area contributed by atoms with Crippen LogP contribution in [0.15, 0.2) is 0 Å². The van der Waals surface area contributed by atoms with E-state index in [1.54, 1.807) is 0 Å². The number of carbonyl (C=O) groups is 2. The molecular formula is C14H23NO3. The number of amides is 1. The minimum atomic E-state index is -0.728. The minimum absolute atomic E-state index is 0.0632. The van der Waals surface area contributed by atoms with Crippen LogP contribution in [0.2, 0.25) is 0 Å². The molecule has 0 radical (unpaired) electrons. The summed E-state index contributed by atoms with van der Waals surface area (Å²) in [5.74, 6) is -0.691. The third kappa shape index (κ3) is 1.82. The number of carboxylic acid groups (broad SMARTS) is 1. The molecular weight excluding hydrogens is 230 g/mol. The largest absolute Gasteiger partial charge is 0.481 e. The van der Waals surface area contributed by atoms with Crippen LogP contribution in [0.5, 0.6) is 0 Å². The Balaban J connectivity index is 1.96. The molecule has 2 fully saturated rings. The summed E-state index contributed by atoms with van der Waals surface area (Å²) in [6.45, 7) is 9.75. The Morgan fingerprint density at radius 1 is 1.06 bits per heavy atom. The minimum Gasteiger partial charge on any atom is -0.481 e. The summed E-state index contributed by atoms with van der Waals surface area (Å²) in [4.78, 5) is 25.2. The SMILES string of the molecule is CC1(C)C(C(=O)N2CCC(C(=O)O)CC2)C1(C)C. The fraction of sp³-hybridized carbons (Fsp3) is 0.857. The Labute approximate surface area is 108 Å². The van der Waals surface area contributed by atoms with Crippen LogP contribution < -0.4 is 0 Å². The van der Waals surface area contributed by atoms with Crippen LogP contribution in [0.25, 0.3) is 0 Å². The van der Waals surface area contributed by atoms with E-state index in [2.05, 4.69) is 27.7 Å². The Morgan fingerprint density at radius 3 is 1.83 bits per heavy atom. The lowest BCUT2D eigenvalue weighted by atomic mass is 9.96. The standard InChI is InChI=1S/C14H23NO3/c1-13(2)10(14(13,3)4)11(16)15-7-5-9(6-8-15)12(17)18/h9-10H,5-8H2,1-4H3,(H,17,18). The van der Waals surface area contributed by atoms with E-state index in [0.29, 0.717) is 25.9 Å². The third-order valence-corrected chi connectivity index (χ3v) is 5.42. The molecule has 1 aliphatic heterocycles. The molecule has 1 saturated carbocycles. The van der Waals surface area contributed by atoms with E-state index in [9.17, 15) is 9.59 Å². The number of carboxylic acids is 1. The summed E-state index contributed by atoms with van der Waals surface area (Å²) in [5, 5.41) is 8.95. The second-order valence-electron chi connectivity index (χ2n) is 6.81. The van der Waals surface area contributed by atoms with Gasteiger partial charge in [0, 0.05) is 19.0 Å². The van der Waals surface area contributed by atoms with Crippen molar-refractivity contribution < 1.29 is 14.7 Å². The predicted octanol–water partition coefficient (Wildman–Crippen LogP) is 1.99. The summed E-state index contributed by atoms with van der Waals surface area (Å²) in [6, 6.07) is 0. The van der Waals surface area contributed by atoms with Crippen molar-refractivity contribution in [1.82, 2.24) is 4.90 Å². The first-order valence-corrected chi connectivity index (χ1v) is 6.71. The molecule has 2 aliphatic rings. The molecule has 0 spiro atoms. The van der Waals surface area contributed by atoms with Crippen molar-refractivity contribution in [3.63, 3.8) is 0 Å². The Hall–Kier alpha value is -1.06. The van der Waals surface area contributed by atoms with Crippen molar-refractivity contribution in [2.45, 2.75) is 40.5 Å². The summed E-state index contributed by atoms with van der Waals surface area (Å²) < 4.78 is 0. The summed E-state index contributed by atoms with van der Waals surface area (Å²) in [5.41, 5.74) is 0.126. The number of piperidine rings is 1. The fourth-order valence-corrected chi connectivity index (χ4v) is 3.34. The van der Waals surface area contributed by atoms with Crippen LogP contribution in [0, 0.1) is 22.7 Å². The van der Waals surface area contributed by atoms with Crippen molar-refractivity contribution in [2.75, 3.05) is 13.1 Å². The first kappa shape index (κ1) is 13.4. The Bertz CT molecular complexity index is 365. The van der Waals surface area contributed by atoms with E-state index < -0.39 is 5.97 Å². The zero-order valence-corrected chi connectivity index (χ0v) is 11.7. The summed E-state index contributed by atoms with van der Waals surface area (Å²) in [7, 11) is 0. The third-order valence-electron chi connectivity index (χ3n) is 5.42. The van der Waals surface area contributed by atoms with Gasteiger partial charge in [-0.15, -0.1) is 0 Å². The van der Waals surface area contributed by atoms with Gasteiger partial charge >= 0.3 is 5.97 Å². The monoisotopic (exact) mass is 253 g/mol. The number of hydrogen-bond acceptors (Lipinski definition) is 2. The summed E-state index contributed by atoms with van der Waals surface area (Å²) in [6.07, 6.45) is 1.18. The topological polar surface area (TPSA) is 57.6 Å². The van der Waals surface area contributed by atoms with Gasteiger partial charge in [-0.05, 0) is 23.7 Å². The van der Waals surface area contributed by atoms with E-state index in [4.69, 9.17) is 5.11 Å². The van der Waals surface area contributed by atoms with Crippen LogP contribution in [-0.4, -0.2) is 35.0 Å². The highest BCUT2D eigenvalue weighted by atomic mass is 16.4. The van der Waals surface area contributed by atoms with Gasteiger partial charge < -0.3 is 10.0 Å². The smallest absolute Gasteiger partial charge is 0.306 e. The van der Waals surface area contributed by atoms with Gasteiger partial charge in [0.15, 0.2) is 0 Å². The highest BCUT2D eigenvalue weighted by Crippen LogP contribution is 2.68. The van der Waals surface area contributed by atoms with E-state index >= 15 is 0 Å². The van der Waals surface area contributed by atoms with Gasteiger partial charge in [-0.2, -0.15) is 0 Å². The van der Waals surface area contributed by atoms with Crippen molar-refractivity contribution in [3.05, 3.63) is 0 Å². The average Bonchev–Trinajstić information content (AvgIpc) is 2.69. The molecule has 0 aromatic carbocycles. The molecule has 4 nitrogen and oxygen atoms in total. The zero-order valence-electron chi connectivity index (χ0n) is 11.7. The van der Waals surface area contributed by atoms with Crippen LogP contribution in [-0.2, 0) is 9.59 Å². The molecule has 4 heteroatoms. The molecule has 0 aromatic heterocycles. The van der Waals surface area contributed by atoms with Gasteiger partial charge in [0.25, 0.3) is 0 Å². The Kier molecular flexibility index (Phi) is 2.95. The lowest BCUT2D eigenvalue weighted by Gasteiger charge is -2.30. The van der Waals surface area contributed by atoms with Crippen LogP contribution in [0.3, 0.4) is 0 Å². The van der Waals surface area contributed by atoms with Crippen molar-refractivity contribution >= 4 is 11.9 Å². The molecule has 0 unspecified atom stereocenters. The van der Waals surface area contributed by atoms with E-state index in [-0.39, 0.29) is 28.6 Å². The molecule has 0 bridgehead atoms. The normalized spacial score (nSPS) is 27.0. The highest BCUT2D eigenvalue weighted by molar-refractivity contribution is 5.84. The molecule has 1 N–H and O–H groups in total. The van der Waals surface area contributed by atoms with Crippen molar-refractivity contribution in [2.24, 2.45) is 22.7 Å². The van der Waals surface area contributed by atoms with E-state index in [1.807, 2.05) is 4.90 Å². The van der Waals surface area contributed by atoms with Crippen LogP contribution in [0.1, 0.15) is 40.5 Å². The van der Waals surface area contributed by atoms with Gasteiger partial charge in [-0.1, -0.05) is 27.7 Å². The number of rotatable bonds is 2. The fourth-order valence-electron chi connectivity index (χ4n) is 3.34. The molecule has 2 rings (SSSR count). The van der Waals surface area contributed by atoms with Gasteiger partial charge in [0.1, 0.15) is 0 Å². The number of nitrogens with zero attached hydrogens (tertiary/aromatic N) is 1. The molecule has 0 atom stereocenters. The maximum atomic E-state index is 12.4. The first-order chi connectivity index (χ1) is 8.19. The lowest BCUT2D eigenvalue weighted by Crippen LogP contribution is -2.41. The second-order valence-corrected chi connectivity index (χ2v) is 6.81. The number of carbonyl (C=O) groups excluding carboxylic acids is 1. The molecule has 0 aromatic rings. The molecule has 1 amide bonds. The van der Waals surface area contributed by atoms with Gasteiger partial charge in [0.05, 0.1) is 5.92 Å². The van der Waals surface area contributed by atoms with Crippen LogP contribution >= 0.6 is 0 Å². The van der Waals surface area contributed by atoms with Gasteiger partial charge in [-0.25, -0.2) is 0 Å². The average molecular weight is 253 g/mol. The summed E-state index contributed by atoms with van der Waals surface area (Å²) >= 11 is 0. The second kappa shape index (κ2) is 3.97. The molecule has 102 valence electrons. The number of aliphatic carboxylic acids is 1. The lowest BCUT2D eigenvalue weighted by molar-refractivity contribution is -0.146. The van der Waals surface area contributed by atoms with Gasteiger partial charge in [0.2, 0.25) is 5.91 Å². The van der Waals surface area contributed by atoms with Crippen molar-refractivity contribution in [1.29, 1.82) is 0 Å². The maximum absolute atomic E-state index is 12.4. The van der Waals surface area contributed by atoms with Crippen molar-refractivity contribution in [3.8, 4) is 0 Å². The zero-order chi connectivity index (χ0) is 13.7. The quantitative estimate of drug-likeness (QED) is 0.818. The Morgan fingerprint density at radius 2 is 1.50 bits per heavy atom. The molecule has 1 heterocycles. The van der Waals surface area contributed by atoms with Gasteiger partial charge in [-0.3, -0.25) is 9.59 Å². The molecule has 1 aliphatic carbocycles. The molecule has 1 saturated heterocycles. The number of likely N-dealkylation sites (tertiary alicyclic amines) is 1. The predicted molar refractivity (Wildman–Crippen MR) is 68.0 cm³/mol. The highest BCUT2D eigenvalue weighted by Gasteiger charge is 2.68. The molecule has 18 heavy (non-hydrogen) atoms.